The Hall–Kier alpha value is -1.33. The molecule has 0 aromatic heterocycles. The molecule has 1 aliphatic carbocycles. The summed E-state index contributed by atoms with van der Waals surface area (Å²) in [5, 5.41) is 12.9. The molecule has 2 heteroatoms. The summed E-state index contributed by atoms with van der Waals surface area (Å²) in [7, 11) is 0. The van der Waals surface area contributed by atoms with E-state index in [1.165, 1.54) is 37.7 Å². The van der Waals surface area contributed by atoms with E-state index in [1.807, 2.05) is 0 Å². The summed E-state index contributed by atoms with van der Waals surface area (Å²) >= 11 is 0. The number of rotatable bonds is 5. The number of nitriles is 1. The molecule has 0 heterocycles. The third kappa shape index (κ3) is 4.35. The van der Waals surface area contributed by atoms with E-state index in [9.17, 15) is 5.26 Å². The molecule has 2 nitrogen and oxygen atoms in total. The number of hydrogen-bond acceptors (Lipinski definition) is 2. The fourth-order valence-corrected chi connectivity index (χ4v) is 3.03. The van der Waals surface area contributed by atoms with Crippen molar-refractivity contribution in [1.82, 2.24) is 5.32 Å². The average molecular weight is 270 g/mol. The predicted octanol–water partition coefficient (Wildman–Crippen LogP) is 4.37. The Morgan fingerprint density at radius 2 is 1.80 bits per heavy atom. The minimum Gasteiger partial charge on any atom is -0.295 e. The molecule has 1 aromatic carbocycles. The van der Waals surface area contributed by atoms with Gasteiger partial charge < -0.3 is 0 Å². The molecular weight excluding hydrogens is 244 g/mol. The lowest BCUT2D eigenvalue weighted by atomic mass is 9.94. The summed E-state index contributed by atoms with van der Waals surface area (Å²) in [5.41, 5.74) is 2.46. The highest BCUT2D eigenvalue weighted by Crippen LogP contribution is 2.22. The summed E-state index contributed by atoms with van der Waals surface area (Å²) in [6.45, 7) is 4.47. The second kappa shape index (κ2) is 7.45. The maximum atomic E-state index is 9.41. The quantitative estimate of drug-likeness (QED) is 0.862. The number of nitrogens with zero attached hydrogens (tertiary/aromatic N) is 1. The van der Waals surface area contributed by atoms with Crippen LogP contribution in [0.1, 0.15) is 63.1 Å². The van der Waals surface area contributed by atoms with Crippen LogP contribution in [0.5, 0.6) is 0 Å². The van der Waals surface area contributed by atoms with E-state index in [0.29, 0.717) is 12.0 Å². The lowest BCUT2D eigenvalue weighted by Gasteiger charge is -2.25. The first-order valence-corrected chi connectivity index (χ1v) is 7.93. The molecule has 0 amide bonds. The number of nitrogens with one attached hydrogen (secondary N) is 1. The topological polar surface area (TPSA) is 35.8 Å². The summed E-state index contributed by atoms with van der Waals surface area (Å²) < 4.78 is 0. The molecule has 0 bridgehead atoms. The van der Waals surface area contributed by atoms with Gasteiger partial charge in [-0.05, 0) is 36.3 Å². The van der Waals surface area contributed by atoms with Gasteiger partial charge >= 0.3 is 0 Å². The normalized spacial score (nSPS) is 17.9. The van der Waals surface area contributed by atoms with Gasteiger partial charge in [0.1, 0.15) is 6.04 Å². The van der Waals surface area contributed by atoms with E-state index in [-0.39, 0.29) is 6.04 Å². The van der Waals surface area contributed by atoms with Crippen LogP contribution in [0.3, 0.4) is 0 Å². The lowest BCUT2D eigenvalue weighted by Crippen LogP contribution is -2.33. The Balaban J connectivity index is 1.98. The minimum absolute atomic E-state index is 0.161. The van der Waals surface area contributed by atoms with Gasteiger partial charge in [0.05, 0.1) is 6.07 Å². The molecule has 1 fully saturated rings. The SMILES string of the molecule is CC(C)Cc1ccc(C(C#N)NC2CCCCC2)cc1. The molecule has 0 spiro atoms. The molecule has 1 saturated carbocycles. The van der Waals surface area contributed by atoms with Crippen LogP contribution in [0.25, 0.3) is 0 Å². The van der Waals surface area contributed by atoms with Crippen molar-refractivity contribution < 1.29 is 0 Å². The fraction of sp³-hybridized carbons (Fsp3) is 0.611. The van der Waals surface area contributed by atoms with Gasteiger partial charge in [-0.1, -0.05) is 57.4 Å². The molecule has 0 aliphatic heterocycles. The Morgan fingerprint density at radius 3 is 2.35 bits per heavy atom. The lowest BCUT2D eigenvalue weighted by molar-refractivity contribution is 0.360. The van der Waals surface area contributed by atoms with Crippen LogP contribution < -0.4 is 5.32 Å². The van der Waals surface area contributed by atoms with Crippen molar-refractivity contribution in [3.8, 4) is 6.07 Å². The molecule has 1 aliphatic rings. The zero-order chi connectivity index (χ0) is 14.4. The van der Waals surface area contributed by atoms with Gasteiger partial charge in [-0.25, -0.2) is 0 Å². The maximum absolute atomic E-state index is 9.41. The fourth-order valence-electron chi connectivity index (χ4n) is 3.03. The Labute approximate surface area is 123 Å². The standard InChI is InChI=1S/C18H26N2/c1-14(2)12-15-8-10-16(11-9-15)18(13-19)20-17-6-4-3-5-7-17/h8-11,14,17-18,20H,3-7,12H2,1-2H3. The van der Waals surface area contributed by atoms with Crippen molar-refractivity contribution in [2.24, 2.45) is 5.92 Å². The molecule has 2 rings (SSSR count). The molecule has 108 valence electrons. The van der Waals surface area contributed by atoms with Gasteiger partial charge in [0.2, 0.25) is 0 Å². The predicted molar refractivity (Wildman–Crippen MR) is 83.3 cm³/mol. The van der Waals surface area contributed by atoms with Crippen LogP contribution in [-0.4, -0.2) is 6.04 Å². The van der Waals surface area contributed by atoms with Gasteiger partial charge in [-0.2, -0.15) is 5.26 Å². The maximum Gasteiger partial charge on any atom is 0.121 e. The van der Waals surface area contributed by atoms with Crippen molar-refractivity contribution >= 4 is 0 Å². The van der Waals surface area contributed by atoms with Crippen LogP contribution in [0.15, 0.2) is 24.3 Å². The van der Waals surface area contributed by atoms with Gasteiger partial charge in [0.25, 0.3) is 0 Å². The van der Waals surface area contributed by atoms with E-state index in [1.54, 1.807) is 0 Å². The third-order valence-electron chi connectivity index (χ3n) is 4.09. The van der Waals surface area contributed by atoms with Gasteiger partial charge in [0.15, 0.2) is 0 Å². The molecular formula is C18H26N2. The second-order valence-electron chi connectivity index (χ2n) is 6.40. The van der Waals surface area contributed by atoms with Crippen molar-refractivity contribution in [3.05, 3.63) is 35.4 Å². The molecule has 1 aromatic rings. The highest BCUT2D eigenvalue weighted by atomic mass is 14.9. The van der Waals surface area contributed by atoms with Crippen LogP contribution in [0.4, 0.5) is 0 Å². The summed E-state index contributed by atoms with van der Waals surface area (Å²) in [6, 6.07) is 11.3. The minimum atomic E-state index is -0.161. The first kappa shape index (κ1) is 15.1. The van der Waals surface area contributed by atoms with E-state index in [2.05, 4.69) is 49.5 Å². The average Bonchev–Trinajstić information content (AvgIpc) is 2.46. The number of hydrogen-bond donors (Lipinski definition) is 1. The zero-order valence-electron chi connectivity index (χ0n) is 12.7. The summed E-state index contributed by atoms with van der Waals surface area (Å²) in [5.74, 6) is 0.674. The molecule has 0 saturated heterocycles. The summed E-state index contributed by atoms with van der Waals surface area (Å²) in [6.07, 6.45) is 7.46. The molecule has 20 heavy (non-hydrogen) atoms. The van der Waals surface area contributed by atoms with Crippen LogP contribution in [0, 0.1) is 17.2 Å². The van der Waals surface area contributed by atoms with Gasteiger partial charge in [-0.3, -0.25) is 5.32 Å². The van der Waals surface area contributed by atoms with Crippen molar-refractivity contribution in [2.45, 2.75) is 64.5 Å². The van der Waals surface area contributed by atoms with Crippen molar-refractivity contribution in [2.75, 3.05) is 0 Å². The highest BCUT2D eigenvalue weighted by Gasteiger charge is 2.18. The van der Waals surface area contributed by atoms with Gasteiger partial charge in [-0.15, -0.1) is 0 Å². The van der Waals surface area contributed by atoms with Crippen molar-refractivity contribution in [1.29, 1.82) is 5.26 Å². The van der Waals surface area contributed by atoms with Crippen LogP contribution in [0.2, 0.25) is 0 Å². The van der Waals surface area contributed by atoms with Crippen LogP contribution in [-0.2, 0) is 6.42 Å². The van der Waals surface area contributed by atoms with Crippen LogP contribution >= 0.6 is 0 Å². The van der Waals surface area contributed by atoms with E-state index >= 15 is 0 Å². The Bertz CT molecular complexity index is 435. The third-order valence-corrected chi connectivity index (χ3v) is 4.09. The number of benzene rings is 1. The van der Waals surface area contributed by atoms with E-state index in [4.69, 9.17) is 0 Å². The first-order chi connectivity index (χ1) is 9.69. The molecule has 1 atom stereocenters. The largest absolute Gasteiger partial charge is 0.295 e. The molecule has 0 radical (unpaired) electrons. The molecule has 1 unspecified atom stereocenters. The Morgan fingerprint density at radius 1 is 1.15 bits per heavy atom. The van der Waals surface area contributed by atoms with E-state index < -0.39 is 0 Å². The monoisotopic (exact) mass is 270 g/mol. The van der Waals surface area contributed by atoms with E-state index in [0.717, 1.165) is 12.0 Å². The summed E-state index contributed by atoms with van der Waals surface area (Å²) in [4.78, 5) is 0. The zero-order valence-corrected chi connectivity index (χ0v) is 12.7. The van der Waals surface area contributed by atoms with Gasteiger partial charge in [0, 0.05) is 6.04 Å². The molecule has 1 N–H and O–H groups in total. The van der Waals surface area contributed by atoms with Crippen molar-refractivity contribution in [3.63, 3.8) is 0 Å². The highest BCUT2D eigenvalue weighted by molar-refractivity contribution is 5.28. The smallest absolute Gasteiger partial charge is 0.121 e. The first-order valence-electron chi connectivity index (χ1n) is 7.93. The Kier molecular flexibility index (Phi) is 5.61. The second-order valence-corrected chi connectivity index (χ2v) is 6.40.